The van der Waals surface area contributed by atoms with E-state index in [1.165, 1.54) is 0 Å². The fourth-order valence-electron chi connectivity index (χ4n) is 4.11. The predicted octanol–water partition coefficient (Wildman–Crippen LogP) is 4.27. The van der Waals surface area contributed by atoms with Gasteiger partial charge in [0.1, 0.15) is 12.4 Å². The molecule has 4 rings (SSSR count). The van der Waals surface area contributed by atoms with E-state index in [-0.39, 0.29) is 18.4 Å². The SMILES string of the molecule is CCCCc1nnc(OCC2CNCC2CO)cc1-c1ccc(OCc2ccccc2)cc1. The van der Waals surface area contributed by atoms with Gasteiger partial charge >= 0.3 is 0 Å². The van der Waals surface area contributed by atoms with Gasteiger partial charge in [0.2, 0.25) is 5.88 Å². The highest BCUT2D eigenvalue weighted by molar-refractivity contribution is 5.67. The molecular formula is C27H33N3O3. The van der Waals surface area contributed by atoms with Crippen LogP contribution in [0.25, 0.3) is 11.1 Å². The summed E-state index contributed by atoms with van der Waals surface area (Å²) in [5, 5.41) is 21.7. The number of aliphatic hydroxyl groups excluding tert-OH is 1. The van der Waals surface area contributed by atoms with Crippen molar-refractivity contribution in [3.05, 3.63) is 71.9 Å². The van der Waals surface area contributed by atoms with Gasteiger partial charge in [-0.3, -0.25) is 0 Å². The first-order valence-electron chi connectivity index (χ1n) is 11.8. The molecule has 1 saturated heterocycles. The Morgan fingerprint density at radius 1 is 0.970 bits per heavy atom. The molecule has 2 atom stereocenters. The molecule has 1 aliphatic rings. The van der Waals surface area contributed by atoms with Crippen LogP contribution in [0.15, 0.2) is 60.7 Å². The van der Waals surface area contributed by atoms with Crippen molar-refractivity contribution >= 4 is 0 Å². The van der Waals surface area contributed by atoms with Crippen LogP contribution in [-0.2, 0) is 13.0 Å². The predicted molar refractivity (Wildman–Crippen MR) is 129 cm³/mol. The third-order valence-electron chi connectivity index (χ3n) is 6.19. The first-order chi connectivity index (χ1) is 16.3. The quantitative estimate of drug-likeness (QED) is 0.457. The van der Waals surface area contributed by atoms with Gasteiger partial charge in [0, 0.05) is 43.2 Å². The summed E-state index contributed by atoms with van der Waals surface area (Å²) in [6.45, 7) is 5.10. The number of ether oxygens (including phenoxy) is 2. The van der Waals surface area contributed by atoms with E-state index in [0.717, 1.165) is 60.5 Å². The molecule has 1 aliphatic heterocycles. The molecule has 2 heterocycles. The lowest BCUT2D eigenvalue weighted by molar-refractivity contribution is 0.159. The summed E-state index contributed by atoms with van der Waals surface area (Å²) in [5.41, 5.74) is 4.25. The van der Waals surface area contributed by atoms with Crippen LogP contribution in [0, 0.1) is 11.8 Å². The van der Waals surface area contributed by atoms with Crippen LogP contribution >= 0.6 is 0 Å². The lowest BCUT2D eigenvalue weighted by Gasteiger charge is -2.17. The van der Waals surface area contributed by atoms with Crippen molar-refractivity contribution in [2.24, 2.45) is 11.8 Å². The second-order valence-corrected chi connectivity index (χ2v) is 8.62. The molecule has 0 saturated carbocycles. The summed E-state index contributed by atoms with van der Waals surface area (Å²) in [6, 6.07) is 20.3. The smallest absolute Gasteiger partial charge is 0.234 e. The number of aliphatic hydroxyl groups is 1. The molecule has 3 aromatic rings. The lowest BCUT2D eigenvalue weighted by Crippen LogP contribution is -2.23. The first-order valence-corrected chi connectivity index (χ1v) is 11.8. The average molecular weight is 448 g/mol. The van der Waals surface area contributed by atoms with E-state index >= 15 is 0 Å². The minimum atomic E-state index is 0.173. The molecule has 0 spiro atoms. The Bertz CT molecular complexity index is 995. The summed E-state index contributed by atoms with van der Waals surface area (Å²) in [6.07, 6.45) is 3.04. The molecule has 2 aromatic carbocycles. The van der Waals surface area contributed by atoms with Gasteiger partial charge in [-0.25, -0.2) is 0 Å². The van der Waals surface area contributed by atoms with E-state index < -0.39 is 0 Å². The fourth-order valence-corrected chi connectivity index (χ4v) is 4.11. The van der Waals surface area contributed by atoms with Crippen molar-refractivity contribution in [3.63, 3.8) is 0 Å². The maximum absolute atomic E-state index is 9.54. The molecule has 6 heteroatoms. The first kappa shape index (κ1) is 23.2. The number of nitrogens with one attached hydrogen (secondary N) is 1. The van der Waals surface area contributed by atoms with E-state index in [9.17, 15) is 5.11 Å². The lowest BCUT2D eigenvalue weighted by atomic mass is 9.98. The van der Waals surface area contributed by atoms with Crippen LogP contribution in [0.2, 0.25) is 0 Å². The standard InChI is InChI=1S/C27H33N3O3/c1-2-3-9-26-25(14-27(30-29-26)33-19-23-16-28-15-22(23)17-31)21-10-12-24(13-11-21)32-18-20-7-5-4-6-8-20/h4-8,10-14,22-23,28,31H,2-3,9,15-19H2,1H3. The topological polar surface area (TPSA) is 76.5 Å². The number of benzene rings is 2. The van der Waals surface area contributed by atoms with Gasteiger partial charge < -0.3 is 19.9 Å². The highest BCUT2D eigenvalue weighted by Crippen LogP contribution is 2.29. The molecular weight excluding hydrogens is 414 g/mol. The monoisotopic (exact) mass is 447 g/mol. The van der Waals surface area contributed by atoms with Gasteiger partial charge in [0.25, 0.3) is 0 Å². The fraction of sp³-hybridized carbons (Fsp3) is 0.407. The van der Waals surface area contributed by atoms with Crippen LogP contribution in [0.1, 0.15) is 31.0 Å². The van der Waals surface area contributed by atoms with E-state index in [1.807, 2.05) is 36.4 Å². The van der Waals surface area contributed by atoms with Crippen molar-refractivity contribution in [3.8, 4) is 22.8 Å². The average Bonchev–Trinajstić information content (AvgIpc) is 3.34. The Labute approximate surface area is 196 Å². The molecule has 2 N–H and O–H groups in total. The van der Waals surface area contributed by atoms with Crippen molar-refractivity contribution in [1.82, 2.24) is 15.5 Å². The van der Waals surface area contributed by atoms with Crippen LogP contribution in [0.4, 0.5) is 0 Å². The minimum absolute atomic E-state index is 0.173. The van der Waals surface area contributed by atoms with E-state index in [2.05, 4.69) is 46.7 Å². The number of unbranched alkanes of at least 4 members (excludes halogenated alkanes) is 1. The zero-order valence-electron chi connectivity index (χ0n) is 19.2. The van der Waals surface area contributed by atoms with Crippen LogP contribution < -0.4 is 14.8 Å². The van der Waals surface area contributed by atoms with Crippen LogP contribution in [-0.4, -0.2) is 41.6 Å². The molecule has 1 aromatic heterocycles. The molecule has 174 valence electrons. The third kappa shape index (κ3) is 6.30. The summed E-state index contributed by atoms with van der Waals surface area (Å²) in [5.74, 6) is 1.86. The van der Waals surface area contributed by atoms with Crippen molar-refractivity contribution in [2.75, 3.05) is 26.3 Å². The second kappa shape index (κ2) is 11.8. The number of nitrogens with zero attached hydrogens (tertiary/aromatic N) is 2. The van der Waals surface area contributed by atoms with Gasteiger partial charge in [0.15, 0.2) is 0 Å². The summed E-state index contributed by atoms with van der Waals surface area (Å²) in [4.78, 5) is 0. The normalized spacial score (nSPS) is 17.8. The number of hydrogen-bond acceptors (Lipinski definition) is 6. The van der Waals surface area contributed by atoms with Crippen LogP contribution in [0.3, 0.4) is 0 Å². The van der Waals surface area contributed by atoms with Gasteiger partial charge in [-0.05, 0) is 36.1 Å². The summed E-state index contributed by atoms with van der Waals surface area (Å²) >= 11 is 0. The van der Waals surface area contributed by atoms with Gasteiger partial charge in [-0.15, -0.1) is 5.10 Å². The highest BCUT2D eigenvalue weighted by atomic mass is 16.5. The summed E-state index contributed by atoms with van der Waals surface area (Å²) in [7, 11) is 0. The third-order valence-corrected chi connectivity index (χ3v) is 6.19. The molecule has 6 nitrogen and oxygen atoms in total. The van der Waals surface area contributed by atoms with Gasteiger partial charge in [0.05, 0.1) is 12.3 Å². The Morgan fingerprint density at radius 3 is 2.52 bits per heavy atom. The van der Waals surface area contributed by atoms with Crippen molar-refractivity contribution < 1.29 is 14.6 Å². The van der Waals surface area contributed by atoms with E-state index in [4.69, 9.17) is 9.47 Å². The Hall–Kier alpha value is -2.96. The maximum Gasteiger partial charge on any atom is 0.234 e. The molecule has 33 heavy (non-hydrogen) atoms. The van der Waals surface area contributed by atoms with E-state index in [1.54, 1.807) is 0 Å². The van der Waals surface area contributed by atoms with Gasteiger partial charge in [-0.1, -0.05) is 55.8 Å². The molecule has 1 fully saturated rings. The second-order valence-electron chi connectivity index (χ2n) is 8.62. The van der Waals surface area contributed by atoms with E-state index in [0.29, 0.717) is 19.1 Å². The Morgan fingerprint density at radius 2 is 1.76 bits per heavy atom. The maximum atomic E-state index is 9.54. The molecule has 0 aliphatic carbocycles. The number of hydrogen-bond donors (Lipinski definition) is 2. The molecule has 0 amide bonds. The Kier molecular flexibility index (Phi) is 8.28. The zero-order chi connectivity index (χ0) is 22.9. The largest absolute Gasteiger partial charge is 0.489 e. The summed E-state index contributed by atoms with van der Waals surface area (Å²) < 4.78 is 11.9. The number of aromatic nitrogens is 2. The minimum Gasteiger partial charge on any atom is -0.489 e. The van der Waals surface area contributed by atoms with Crippen LogP contribution in [0.5, 0.6) is 11.6 Å². The highest BCUT2D eigenvalue weighted by Gasteiger charge is 2.27. The number of rotatable bonds is 11. The van der Waals surface area contributed by atoms with Gasteiger partial charge in [-0.2, -0.15) is 5.10 Å². The molecule has 2 unspecified atom stereocenters. The molecule has 0 bridgehead atoms. The van der Waals surface area contributed by atoms with Crippen molar-refractivity contribution in [1.29, 1.82) is 0 Å². The number of aryl methyl sites for hydroxylation is 1. The Balaban J connectivity index is 1.47. The van der Waals surface area contributed by atoms with Crippen molar-refractivity contribution in [2.45, 2.75) is 32.8 Å². The molecule has 0 radical (unpaired) electrons. The zero-order valence-corrected chi connectivity index (χ0v) is 19.2.